The van der Waals surface area contributed by atoms with Gasteiger partial charge in [-0.25, -0.2) is 0 Å². The molecule has 0 spiro atoms. The molecule has 0 saturated heterocycles. The molecule has 0 saturated carbocycles. The monoisotopic (exact) mass is 471 g/mol. The molecule has 0 atom stereocenters. The molecular weight excluding hydrogens is 450 g/mol. The number of nitrogens with zero attached hydrogens (tertiary/aromatic N) is 1. The van der Waals surface area contributed by atoms with E-state index in [1.165, 1.54) is 5.56 Å². The Balaban J connectivity index is 1.81. The smallest absolute Gasteiger partial charge is 0.175 e. The molecule has 0 unspecified atom stereocenters. The quantitative estimate of drug-likeness (QED) is 0.320. The van der Waals surface area contributed by atoms with Crippen molar-refractivity contribution in [1.82, 2.24) is 0 Å². The first-order chi connectivity index (χ1) is 14.1. The van der Waals surface area contributed by atoms with E-state index in [0.717, 1.165) is 27.7 Å². The highest BCUT2D eigenvalue weighted by molar-refractivity contribution is 9.10. The second kappa shape index (κ2) is 10.5. The first-order valence-corrected chi connectivity index (χ1v) is 10.7. The fourth-order valence-corrected chi connectivity index (χ4v) is 3.56. The average Bonchev–Trinajstić information content (AvgIpc) is 2.73. The Bertz CT molecular complexity index is 987. The molecule has 0 aliphatic carbocycles. The lowest BCUT2D eigenvalue weighted by Crippen LogP contribution is -2.02. The number of halogens is 2. The minimum absolute atomic E-state index is 0.357. The van der Waals surface area contributed by atoms with Gasteiger partial charge in [-0.3, -0.25) is 4.99 Å². The SMILES string of the molecule is CCOc1cc(C=Nc2ccc(CC)cc2)cc(Br)c1OCc1ccccc1Cl. The van der Waals surface area contributed by atoms with Gasteiger partial charge < -0.3 is 9.47 Å². The molecule has 3 nitrogen and oxygen atoms in total. The lowest BCUT2D eigenvalue weighted by molar-refractivity contribution is 0.267. The molecule has 0 bridgehead atoms. The Hall–Kier alpha value is -2.30. The van der Waals surface area contributed by atoms with Crippen molar-refractivity contribution < 1.29 is 9.47 Å². The van der Waals surface area contributed by atoms with Gasteiger partial charge in [-0.2, -0.15) is 0 Å². The second-order valence-corrected chi connectivity index (χ2v) is 7.68. The maximum Gasteiger partial charge on any atom is 0.175 e. The molecule has 3 rings (SSSR count). The van der Waals surface area contributed by atoms with Crippen LogP contribution in [0.25, 0.3) is 0 Å². The third-order valence-electron chi connectivity index (χ3n) is 4.37. The number of rotatable bonds is 8. The third kappa shape index (κ3) is 5.84. The lowest BCUT2D eigenvalue weighted by Gasteiger charge is -2.15. The topological polar surface area (TPSA) is 30.8 Å². The van der Waals surface area contributed by atoms with Crippen molar-refractivity contribution in [2.45, 2.75) is 26.9 Å². The van der Waals surface area contributed by atoms with Crippen LogP contribution in [-0.2, 0) is 13.0 Å². The number of hydrogen-bond donors (Lipinski definition) is 0. The number of benzene rings is 3. The number of aliphatic imine (C=N–C) groups is 1. The van der Waals surface area contributed by atoms with Crippen LogP contribution in [0.4, 0.5) is 5.69 Å². The van der Waals surface area contributed by atoms with Crippen molar-refractivity contribution in [1.29, 1.82) is 0 Å². The molecule has 29 heavy (non-hydrogen) atoms. The molecule has 3 aromatic rings. The number of hydrogen-bond acceptors (Lipinski definition) is 3. The largest absolute Gasteiger partial charge is 0.490 e. The molecule has 0 fully saturated rings. The van der Waals surface area contributed by atoms with Gasteiger partial charge in [0.25, 0.3) is 0 Å². The van der Waals surface area contributed by atoms with E-state index in [1.54, 1.807) is 0 Å². The Kier molecular flexibility index (Phi) is 7.73. The van der Waals surface area contributed by atoms with Crippen molar-refractivity contribution in [3.05, 3.63) is 86.8 Å². The van der Waals surface area contributed by atoms with Gasteiger partial charge in [-0.05, 0) is 70.7 Å². The van der Waals surface area contributed by atoms with Crippen molar-refractivity contribution >= 4 is 39.4 Å². The van der Waals surface area contributed by atoms with Gasteiger partial charge in [0.05, 0.1) is 16.8 Å². The van der Waals surface area contributed by atoms with Crippen LogP contribution >= 0.6 is 27.5 Å². The highest BCUT2D eigenvalue weighted by Gasteiger charge is 2.13. The predicted molar refractivity (Wildman–Crippen MR) is 124 cm³/mol. The van der Waals surface area contributed by atoms with Crippen LogP contribution in [0, 0.1) is 0 Å². The number of ether oxygens (including phenoxy) is 2. The van der Waals surface area contributed by atoms with E-state index in [-0.39, 0.29) is 0 Å². The summed E-state index contributed by atoms with van der Waals surface area (Å²) in [6.07, 6.45) is 2.84. The van der Waals surface area contributed by atoms with Crippen molar-refractivity contribution in [2.24, 2.45) is 4.99 Å². The molecule has 150 valence electrons. The van der Waals surface area contributed by atoms with Crippen LogP contribution in [-0.4, -0.2) is 12.8 Å². The Morgan fingerprint density at radius 3 is 2.45 bits per heavy atom. The van der Waals surface area contributed by atoms with Gasteiger partial charge in [-0.1, -0.05) is 48.9 Å². The molecule has 0 aromatic heterocycles. The highest BCUT2D eigenvalue weighted by Crippen LogP contribution is 2.37. The summed E-state index contributed by atoms with van der Waals surface area (Å²) in [5, 5.41) is 0.680. The van der Waals surface area contributed by atoms with E-state index in [0.29, 0.717) is 29.7 Å². The Morgan fingerprint density at radius 2 is 1.76 bits per heavy atom. The molecule has 0 N–H and O–H groups in total. The molecule has 0 radical (unpaired) electrons. The molecule has 3 aromatic carbocycles. The van der Waals surface area contributed by atoms with Gasteiger partial charge in [-0.15, -0.1) is 0 Å². The van der Waals surface area contributed by atoms with Gasteiger partial charge in [0.2, 0.25) is 0 Å². The summed E-state index contributed by atoms with van der Waals surface area (Å²) in [7, 11) is 0. The normalized spacial score (nSPS) is 11.0. The maximum absolute atomic E-state index is 6.23. The number of aryl methyl sites for hydroxylation is 1. The van der Waals surface area contributed by atoms with E-state index in [4.69, 9.17) is 21.1 Å². The van der Waals surface area contributed by atoms with Gasteiger partial charge in [0, 0.05) is 16.8 Å². The summed E-state index contributed by atoms with van der Waals surface area (Å²) in [4.78, 5) is 4.57. The Morgan fingerprint density at radius 1 is 1.00 bits per heavy atom. The zero-order valence-electron chi connectivity index (χ0n) is 16.5. The van der Waals surface area contributed by atoms with Crippen LogP contribution in [0.5, 0.6) is 11.5 Å². The van der Waals surface area contributed by atoms with E-state index in [9.17, 15) is 0 Å². The molecule has 0 heterocycles. The minimum Gasteiger partial charge on any atom is -0.490 e. The summed E-state index contributed by atoms with van der Waals surface area (Å²) in [5.74, 6) is 1.31. The summed E-state index contributed by atoms with van der Waals surface area (Å²) in [5.41, 5.74) is 4.05. The summed E-state index contributed by atoms with van der Waals surface area (Å²) in [6.45, 7) is 4.98. The first kappa shape index (κ1) is 21.4. The third-order valence-corrected chi connectivity index (χ3v) is 5.33. The van der Waals surface area contributed by atoms with Gasteiger partial charge >= 0.3 is 0 Å². The fraction of sp³-hybridized carbons (Fsp3) is 0.208. The van der Waals surface area contributed by atoms with Crippen LogP contribution in [0.2, 0.25) is 5.02 Å². The van der Waals surface area contributed by atoms with Crippen LogP contribution in [0.15, 0.2) is 70.1 Å². The zero-order chi connectivity index (χ0) is 20.6. The van der Waals surface area contributed by atoms with E-state index in [2.05, 4.69) is 40.0 Å². The Labute approximate surface area is 185 Å². The van der Waals surface area contributed by atoms with E-state index >= 15 is 0 Å². The van der Waals surface area contributed by atoms with Crippen molar-refractivity contribution in [3.8, 4) is 11.5 Å². The average molecular weight is 473 g/mol. The lowest BCUT2D eigenvalue weighted by atomic mass is 10.1. The van der Waals surface area contributed by atoms with E-state index < -0.39 is 0 Å². The van der Waals surface area contributed by atoms with E-state index in [1.807, 2.05) is 61.7 Å². The standard InChI is InChI=1S/C24H23BrClNO2/c1-3-17-9-11-20(12-10-17)27-15-18-13-21(25)24(23(14-18)28-4-2)29-16-19-7-5-6-8-22(19)26/h5-15H,3-4,16H2,1-2H3. The van der Waals surface area contributed by atoms with Crippen LogP contribution in [0.1, 0.15) is 30.5 Å². The molecule has 5 heteroatoms. The van der Waals surface area contributed by atoms with Gasteiger partial charge in [0.15, 0.2) is 11.5 Å². The van der Waals surface area contributed by atoms with Gasteiger partial charge in [0.1, 0.15) is 6.61 Å². The summed E-state index contributed by atoms with van der Waals surface area (Å²) >= 11 is 9.84. The molecule has 0 aliphatic heterocycles. The molecule has 0 aliphatic rings. The first-order valence-electron chi connectivity index (χ1n) is 9.56. The van der Waals surface area contributed by atoms with Crippen molar-refractivity contribution in [3.63, 3.8) is 0 Å². The van der Waals surface area contributed by atoms with Crippen LogP contribution < -0.4 is 9.47 Å². The van der Waals surface area contributed by atoms with Crippen LogP contribution in [0.3, 0.4) is 0 Å². The summed E-state index contributed by atoms with van der Waals surface area (Å²) < 4.78 is 12.6. The predicted octanol–water partition coefficient (Wildman–Crippen LogP) is 7.39. The maximum atomic E-state index is 6.23. The zero-order valence-corrected chi connectivity index (χ0v) is 18.8. The second-order valence-electron chi connectivity index (χ2n) is 6.42. The minimum atomic E-state index is 0.357. The molecule has 0 amide bonds. The highest BCUT2D eigenvalue weighted by atomic mass is 79.9. The summed E-state index contributed by atoms with van der Waals surface area (Å²) in [6, 6.07) is 19.8. The van der Waals surface area contributed by atoms with Crippen molar-refractivity contribution in [2.75, 3.05) is 6.61 Å². The fourth-order valence-electron chi connectivity index (χ4n) is 2.80. The molecular formula is C24H23BrClNO2.